The number of nitrogens with one attached hydrogen (secondary N) is 1. The molecule has 25 heavy (non-hydrogen) atoms. The van der Waals surface area contributed by atoms with Gasteiger partial charge in [-0.1, -0.05) is 0 Å². The Morgan fingerprint density at radius 2 is 1.96 bits per heavy atom. The van der Waals surface area contributed by atoms with Crippen molar-refractivity contribution in [1.82, 2.24) is 15.1 Å². The molecule has 2 heterocycles. The number of rotatable bonds is 4. The van der Waals surface area contributed by atoms with Crippen LogP contribution in [0.4, 0.5) is 8.78 Å². The van der Waals surface area contributed by atoms with Crippen LogP contribution in [0.3, 0.4) is 0 Å². The van der Waals surface area contributed by atoms with E-state index in [-0.39, 0.29) is 23.9 Å². The number of benzene rings is 1. The minimum atomic E-state index is -0.489. The summed E-state index contributed by atoms with van der Waals surface area (Å²) in [5.41, 5.74) is 0.191. The van der Waals surface area contributed by atoms with Crippen molar-refractivity contribution in [3.63, 3.8) is 0 Å². The van der Waals surface area contributed by atoms with E-state index in [1.54, 1.807) is 0 Å². The number of hydrogen-bond donors (Lipinski definition) is 1. The van der Waals surface area contributed by atoms with Gasteiger partial charge in [0.1, 0.15) is 11.6 Å². The van der Waals surface area contributed by atoms with E-state index < -0.39 is 11.6 Å². The van der Waals surface area contributed by atoms with Gasteiger partial charge in [-0.2, -0.15) is 0 Å². The van der Waals surface area contributed by atoms with Gasteiger partial charge in [0.25, 0.3) is 0 Å². The molecule has 3 rings (SSSR count). The molecule has 2 saturated heterocycles. The zero-order valence-corrected chi connectivity index (χ0v) is 14.8. The maximum atomic E-state index is 13.7. The van der Waals surface area contributed by atoms with Gasteiger partial charge in [0.15, 0.2) is 0 Å². The van der Waals surface area contributed by atoms with Crippen LogP contribution in [0.15, 0.2) is 18.2 Å². The summed E-state index contributed by atoms with van der Waals surface area (Å²) in [5.74, 6) is -1.10. The molecule has 0 aliphatic carbocycles. The summed E-state index contributed by atoms with van der Waals surface area (Å²) >= 11 is 0. The standard InChI is InChI=1S/C19H27F2N3O/c1-23-9-6-17(7-10-23)24-8-2-3-14(13-24)19(25)22-12-15-11-16(20)4-5-18(15)21/h4-5,11,14,17H,2-3,6-10,12-13H2,1H3,(H,22,25). The predicted octanol–water partition coefficient (Wildman–Crippen LogP) is 2.39. The van der Waals surface area contributed by atoms with E-state index in [0.717, 1.165) is 70.1 Å². The van der Waals surface area contributed by atoms with E-state index >= 15 is 0 Å². The first kappa shape index (κ1) is 18.3. The lowest BCUT2D eigenvalue weighted by Gasteiger charge is -2.41. The second kappa shape index (κ2) is 8.23. The van der Waals surface area contributed by atoms with Crippen molar-refractivity contribution in [2.75, 3.05) is 33.2 Å². The van der Waals surface area contributed by atoms with Gasteiger partial charge in [0.05, 0.1) is 5.92 Å². The number of piperidine rings is 2. The zero-order valence-electron chi connectivity index (χ0n) is 14.8. The van der Waals surface area contributed by atoms with Gasteiger partial charge in [-0.15, -0.1) is 0 Å². The van der Waals surface area contributed by atoms with Crippen molar-refractivity contribution in [2.45, 2.75) is 38.3 Å². The summed E-state index contributed by atoms with van der Waals surface area (Å²) in [5, 5.41) is 2.79. The molecule has 1 amide bonds. The molecule has 0 spiro atoms. The molecular formula is C19H27F2N3O. The van der Waals surface area contributed by atoms with E-state index in [1.807, 2.05) is 0 Å². The average Bonchev–Trinajstić information content (AvgIpc) is 2.63. The summed E-state index contributed by atoms with van der Waals surface area (Å²) < 4.78 is 26.9. The van der Waals surface area contributed by atoms with Crippen LogP contribution in [0.25, 0.3) is 0 Å². The molecule has 0 bridgehead atoms. The molecule has 138 valence electrons. The summed E-state index contributed by atoms with van der Waals surface area (Å²) in [6, 6.07) is 3.88. The first-order valence-electron chi connectivity index (χ1n) is 9.17. The lowest BCUT2D eigenvalue weighted by molar-refractivity contribution is -0.127. The summed E-state index contributed by atoms with van der Waals surface area (Å²) in [4.78, 5) is 17.3. The van der Waals surface area contributed by atoms with Crippen molar-refractivity contribution in [2.24, 2.45) is 5.92 Å². The highest BCUT2D eigenvalue weighted by Crippen LogP contribution is 2.23. The van der Waals surface area contributed by atoms with Crippen LogP contribution in [-0.2, 0) is 11.3 Å². The quantitative estimate of drug-likeness (QED) is 0.905. The van der Waals surface area contributed by atoms with Crippen LogP contribution in [0.2, 0.25) is 0 Å². The fraction of sp³-hybridized carbons (Fsp3) is 0.632. The first-order chi connectivity index (χ1) is 12.0. The van der Waals surface area contributed by atoms with Crippen molar-refractivity contribution in [3.8, 4) is 0 Å². The predicted molar refractivity (Wildman–Crippen MR) is 93.0 cm³/mol. The topological polar surface area (TPSA) is 35.6 Å². The highest BCUT2D eigenvalue weighted by atomic mass is 19.1. The van der Waals surface area contributed by atoms with E-state index in [4.69, 9.17) is 0 Å². The number of hydrogen-bond acceptors (Lipinski definition) is 3. The highest BCUT2D eigenvalue weighted by Gasteiger charge is 2.31. The molecule has 1 unspecified atom stereocenters. The number of halogens is 2. The maximum absolute atomic E-state index is 13.7. The molecule has 4 nitrogen and oxygen atoms in total. The minimum Gasteiger partial charge on any atom is -0.352 e. The summed E-state index contributed by atoms with van der Waals surface area (Å²) in [7, 11) is 2.15. The first-order valence-corrected chi connectivity index (χ1v) is 9.17. The molecule has 2 aliphatic rings. The smallest absolute Gasteiger partial charge is 0.224 e. The molecule has 6 heteroatoms. The average molecular weight is 351 g/mol. The van der Waals surface area contributed by atoms with Crippen LogP contribution in [0, 0.1) is 17.6 Å². The van der Waals surface area contributed by atoms with E-state index in [1.165, 1.54) is 0 Å². The largest absolute Gasteiger partial charge is 0.352 e. The zero-order chi connectivity index (χ0) is 17.8. The van der Waals surface area contributed by atoms with Gasteiger partial charge < -0.3 is 10.2 Å². The summed E-state index contributed by atoms with van der Waals surface area (Å²) in [6.45, 7) is 4.07. The lowest BCUT2D eigenvalue weighted by atomic mass is 9.93. The Bertz CT molecular complexity index is 602. The van der Waals surface area contributed by atoms with Gasteiger partial charge in [0, 0.05) is 24.7 Å². The maximum Gasteiger partial charge on any atom is 0.224 e. The van der Waals surface area contributed by atoms with Gasteiger partial charge >= 0.3 is 0 Å². The van der Waals surface area contributed by atoms with Crippen molar-refractivity contribution < 1.29 is 13.6 Å². The van der Waals surface area contributed by atoms with Crippen LogP contribution < -0.4 is 5.32 Å². The van der Waals surface area contributed by atoms with Crippen LogP contribution in [-0.4, -0.2) is 55.0 Å². The Labute approximate surface area is 148 Å². The third-order valence-electron chi connectivity index (χ3n) is 5.49. The molecule has 0 aromatic heterocycles. The molecule has 0 radical (unpaired) electrons. The molecule has 2 fully saturated rings. The highest BCUT2D eigenvalue weighted by molar-refractivity contribution is 5.79. The molecule has 1 aromatic rings. The molecular weight excluding hydrogens is 324 g/mol. The molecule has 0 saturated carbocycles. The number of carbonyl (C=O) groups is 1. The third-order valence-corrected chi connectivity index (χ3v) is 5.49. The van der Waals surface area contributed by atoms with Crippen LogP contribution >= 0.6 is 0 Å². The number of amides is 1. The van der Waals surface area contributed by atoms with Crippen LogP contribution in [0.1, 0.15) is 31.2 Å². The second-order valence-corrected chi connectivity index (χ2v) is 7.32. The minimum absolute atomic E-state index is 0.0349. The molecule has 1 aromatic carbocycles. The molecule has 1 atom stereocenters. The normalized spacial score (nSPS) is 23.6. The molecule has 1 N–H and O–H groups in total. The van der Waals surface area contributed by atoms with Gasteiger partial charge in [-0.3, -0.25) is 9.69 Å². The van der Waals surface area contributed by atoms with Gasteiger partial charge in [0.2, 0.25) is 5.91 Å². The fourth-order valence-electron chi connectivity index (χ4n) is 3.92. The molecule has 2 aliphatic heterocycles. The van der Waals surface area contributed by atoms with E-state index in [9.17, 15) is 13.6 Å². The Kier molecular flexibility index (Phi) is 6.02. The lowest BCUT2D eigenvalue weighted by Crippen LogP contribution is -2.50. The Balaban J connectivity index is 1.52. The third kappa shape index (κ3) is 4.76. The fourth-order valence-corrected chi connectivity index (χ4v) is 3.92. The summed E-state index contributed by atoms with van der Waals surface area (Å²) in [6.07, 6.45) is 4.18. The van der Waals surface area contributed by atoms with Gasteiger partial charge in [-0.05, 0) is 70.6 Å². The van der Waals surface area contributed by atoms with E-state index in [0.29, 0.717) is 6.04 Å². The van der Waals surface area contributed by atoms with Crippen molar-refractivity contribution in [3.05, 3.63) is 35.4 Å². The Morgan fingerprint density at radius 1 is 1.20 bits per heavy atom. The Hall–Kier alpha value is -1.53. The van der Waals surface area contributed by atoms with Gasteiger partial charge in [-0.25, -0.2) is 8.78 Å². The monoisotopic (exact) mass is 351 g/mol. The number of nitrogens with zero attached hydrogens (tertiary/aromatic N) is 2. The van der Waals surface area contributed by atoms with E-state index in [2.05, 4.69) is 22.2 Å². The number of likely N-dealkylation sites (tertiary alicyclic amines) is 2. The Morgan fingerprint density at radius 3 is 2.72 bits per heavy atom. The number of carbonyl (C=O) groups excluding carboxylic acids is 1. The second-order valence-electron chi connectivity index (χ2n) is 7.32. The SMILES string of the molecule is CN1CCC(N2CCCC(C(=O)NCc3cc(F)ccc3F)C2)CC1. The van der Waals surface area contributed by atoms with Crippen LogP contribution in [0.5, 0.6) is 0 Å². The van der Waals surface area contributed by atoms with Crippen molar-refractivity contribution in [1.29, 1.82) is 0 Å². The van der Waals surface area contributed by atoms with Crippen molar-refractivity contribution >= 4 is 5.91 Å².